The minimum Gasteiger partial charge on any atom is -0.487 e. The highest BCUT2D eigenvalue weighted by Gasteiger charge is 2.29. The molecule has 138 valence electrons. The molecule has 27 heavy (non-hydrogen) atoms. The molecule has 1 aromatic carbocycles. The lowest BCUT2D eigenvalue weighted by atomic mass is 10.0. The van der Waals surface area contributed by atoms with Crippen LogP contribution in [0.3, 0.4) is 0 Å². The van der Waals surface area contributed by atoms with Gasteiger partial charge in [-0.3, -0.25) is 4.68 Å². The van der Waals surface area contributed by atoms with Gasteiger partial charge in [0.05, 0.1) is 17.4 Å². The van der Waals surface area contributed by atoms with E-state index in [1.807, 2.05) is 12.1 Å². The number of aromatic nitrogens is 4. The Hall–Kier alpha value is -2.89. The number of hydrogen-bond acceptors (Lipinski definition) is 5. The number of nitrogens with zero attached hydrogens (tertiary/aromatic N) is 5. The summed E-state index contributed by atoms with van der Waals surface area (Å²) < 4.78 is 8.15. The molecule has 5 rings (SSSR count). The predicted molar refractivity (Wildman–Crippen MR) is 103 cm³/mol. The molecule has 0 aliphatic carbocycles. The van der Waals surface area contributed by atoms with Gasteiger partial charge in [0.2, 0.25) is 0 Å². The van der Waals surface area contributed by atoms with Gasteiger partial charge in [-0.2, -0.15) is 5.10 Å². The monoisotopic (exact) mass is 361 g/mol. The number of anilines is 1. The van der Waals surface area contributed by atoms with Crippen LogP contribution >= 0.6 is 0 Å². The quantitative estimate of drug-likeness (QED) is 0.701. The van der Waals surface area contributed by atoms with E-state index < -0.39 is 0 Å². The molecule has 0 amide bonds. The smallest absolute Gasteiger partial charge is 0.135 e. The van der Waals surface area contributed by atoms with Crippen LogP contribution in [0.2, 0.25) is 0 Å². The Labute approximate surface area is 158 Å². The Kier molecular flexibility index (Phi) is 3.85. The average molecular weight is 361 g/mol. The third-order valence-electron chi connectivity index (χ3n) is 5.57. The fourth-order valence-electron chi connectivity index (χ4n) is 4.29. The summed E-state index contributed by atoms with van der Waals surface area (Å²) in [6.07, 6.45) is 3.56. The van der Waals surface area contributed by atoms with E-state index >= 15 is 0 Å². The topological polar surface area (TPSA) is 56.1 Å². The zero-order valence-corrected chi connectivity index (χ0v) is 15.7. The lowest BCUT2D eigenvalue weighted by Crippen LogP contribution is -2.24. The lowest BCUT2D eigenvalue weighted by molar-refractivity contribution is 0.302. The molecule has 3 aromatic rings. The molecule has 0 saturated carbocycles. The van der Waals surface area contributed by atoms with E-state index in [4.69, 9.17) is 4.74 Å². The molecule has 0 spiro atoms. The number of ether oxygens (including phenoxy) is 1. The lowest BCUT2D eigenvalue weighted by Gasteiger charge is -2.21. The molecule has 0 N–H and O–H groups in total. The molecule has 0 bridgehead atoms. The minimum atomic E-state index is 0.388. The highest BCUT2D eigenvalue weighted by molar-refractivity contribution is 5.54. The standard InChI is InChI=1S/C21H23N5O/c1-14-9-15(2)26(24-14)17-7-8-25(11-17)21-18-10-16-5-3-4-6-20(16)27-12-19(18)22-13-23-21/h3-6,9,13,17H,7-8,10-12H2,1-2H3/t17-/m0/s1. The molecule has 0 radical (unpaired) electrons. The third kappa shape index (κ3) is 2.85. The van der Waals surface area contributed by atoms with Gasteiger partial charge in [-0.15, -0.1) is 0 Å². The summed E-state index contributed by atoms with van der Waals surface area (Å²) in [5, 5.41) is 4.69. The maximum atomic E-state index is 5.98. The van der Waals surface area contributed by atoms with Gasteiger partial charge in [0.1, 0.15) is 24.5 Å². The van der Waals surface area contributed by atoms with Gasteiger partial charge in [0.25, 0.3) is 0 Å². The van der Waals surface area contributed by atoms with Crippen LogP contribution in [0, 0.1) is 13.8 Å². The summed E-state index contributed by atoms with van der Waals surface area (Å²) in [6, 6.07) is 10.8. The molecule has 2 aliphatic rings. The SMILES string of the molecule is Cc1cc(C)n([C@H]2CCN(c3ncnc4c3Cc3ccccc3OC4)C2)n1. The van der Waals surface area contributed by atoms with E-state index in [9.17, 15) is 0 Å². The van der Waals surface area contributed by atoms with Crippen LogP contribution in [0.4, 0.5) is 5.82 Å². The van der Waals surface area contributed by atoms with E-state index in [1.165, 1.54) is 16.8 Å². The van der Waals surface area contributed by atoms with Crippen molar-refractivity contribution < 1.29 is 4.74 Å². The van der Waals surface area contributed by atoms with Gasteiger partial charge in [-0.1, -0.05) is 18.2 Å². The highest BCUT2D eigenvalue weighted by atomic mass is 16.5. The van der Waals surface area contributed by atoms with E-state index in [0.717, 1.165) is 48.9 Å². The molecule has 2 aromatic heterocycles. The second-order valence-electron chi connectivity index (χ2n) is 7.46. The summed E-state index contributed by atoms with van der Waals surface area (Å²) in [5.41, 5.74) is 5.68. The number of benzene rings is 1. The van der Waals surface area contributed by atoms with Gasteiger partial charge < -0.3 is 9.64 Å². The van der Waals surface area contributed by atoms with Crippen molar-refractivity contribution in [2.75, 3.05) is 18.0 Å². The Balaban J connectivity index is 1.47. The number of aryl methyl sites for hydroxylation is 2. The molecule has 6 heteroatoms. The third-order valence-corrected chi connectivity index (χ3v) is 5.57. The van der Waals surface area contributed by atoms with Crippen LogP contribution in [0.25, 0.3) is 0 Å². The first-order valence-corrected chi connectivity index (χ1v) is 9.50. The second-order valence-corrected chi connectivity index (χ2v) is 7.46. The summed E-state index contributed by atoms with van der Waals surface area (Å²) in [6.45, 7) is 6.59. The molecule has 1 saturated heterocycles. The Morgan fingerprint density at radius 2 is 2.04 bits per heavy atom. The Morgan fingerprint density at radius 3 is 2.89 bits per heavy atom. The second kappa shape index (κ2) is 6.37. The first kappa shape index (κ1) is 16.3. The minimum absolute atomic E-state index is 0.388. The van der Waals surface area contributed by atoms with Crippen molar-refractivity contribution in [2.24, 2.45) is 0 Å². The fraction of sp³-hybridized carbons (Fsp3) is 0.381. The molecule has 4 heterocycles. The molecule has 1 atom stereocenters. The summed E-state index contributed by atoms with van der Waals surface area (Å²) in [4.78, 5) is 11.6. The number of para-hydroxylation sites is 1. The maximum Gasteiger partial charge on any atom is 0.135 e. The van der Waals surface area contributed by atoms with Crippen LogP contribution in [0.1, 0.15) is 40.7 Å². The molecule has 6 nitrogen and oxygen atoms in total. The van der Waals surface area contributed by atoms with Gasteiger partial charge in [-0.05, 0) is 38.0 Å². The first-order valence-electron chi connectivity index (χ1n) is 9.50. The van der Waals surface area contributed by atoms with Crippen LogP contribution in [0.5, 0.6) is 5.75 Å². The van der Waals surface area contributed by atoms with Gasteiger partial charge in [0, 0.05) is 30.8 Å². The zero-order chi connectivity index (χ0) is 18.4. The molecular formula is C21H23N5O. The van der Waals surface area contributed by atoms with E-state index in [1.54, 1.807) is 6.33 Å². The van der Waals surface area contributed by atoms with Gasteiger partial charge in [0.15, 0.2) is 0 Å². The highest BCUT2D eigenvalue weighted by Crippen LogP contribution is 2.34. The van der Waals surface area contributed by atoms with Crippen LogP contribution < -0.4 is 9.64 Å². The summed E-state index contributed by atoms with van der Waals surface area (Å²) in [7, 11) is 0. The Morgan fingerprint density at radius 1 is 1.15 bits per heavy atom. The van der Waals surface area contributed by atoms with Crippen LogP contribution in [0.15, 0.2) is 36.7 Å². The largest absolute Gasteiger partial charge is 0.487 e. The molecule has 2 aliphatic heterocycles. The number of hydrogen-bond donors (Lipinski definition) is 0. The van der Waals surface area contributed by atoms with Crippen molar-refractivity contribution in [2.45, 2.75) is 39.3 Å². The van der Waals surface area contributed by atoms with Gasteiger partial charge in [-0.25, -0.2) is 9.97 Å². The fourth-order valence-corrected chi connectivity index (χ4v) is 4.29. The van der Waals surface area contributed by atoms with Crippen molar-refractivity contribution in [1.29, 1.82) is 0 Å². The number of fused-ring (bicyclic) bond motifs is 2. The maximum absolute atomic E-state index is 5.98. The molecular weight excluding hydrogens is 338 g/mol. The zero-order valence-electron chi connectivity index (χ0n) is 15.7. The van der Waals surface area contributed by atoms with Crippen molar-refractivity contribution in [3.63, 3.8) is 0 Å². The van der Waals surface area contributed by atoms with Crippen molar-refractivity contribution >= 4 is 5.82 Å². The summed E-state index contributed by atoms with van der Waals surface area (Å²) in [5.74, 6) is 1.99. The van der Waals surface area contributed by atoms with Crippen molar-refractivity contribution in [3.05, 3.63) is 64.9 Å². The average Bonchev–Trinajstić information content (AvgIpc) is 3.22. The van der Waals surface area contributed by atoms with E-state index in [0.29, 0.717) is 12.6 Å². The van der Waals surface area contributed by atoms with Gasteiger partial charge >= 0.3 is 0 Å². The van der Waals surface area contributed by atoms with E-state index in [-0.39, 0.29) is 0 Å². The summed E-state index contributed by atoms with van der Waals surface area (Å²) >= 11 is 0. The molecule has 0 unspecified atom stereocenters. The first-order chi connectivity index (χ1) is 13.2. The van der Waals surface area contributed by atoms with Crippen LogP contribution in [-0.4, -0.2) is 32.8 Å². The van der Waals surface area contributed by atoms with E-state index in [2.05, 4.69) is 56.7 Å². The van der Waals surface area contributed by atoms with Crippen molar-refractivity contribution in [1.82, 2.24) is 19.7 Å². The predicted octanol–water partition coefficient (Wildman–Crippen LogP) is 3.22. The number of rotatable bonds is 2. The van der Waals surface area contributed by atoms with Crippen LogP contribution in [-0.2, 0) is 13.0 Å². The Bertz CT molecular complexity index is 996. The van der Waals surface area contributed by atoms with Crippen molar-refractivity contribution in [3.8, 4) is 5.75 Å². The molecule has 1 fully saturated rings. The normalized spacial score (nSPS) is 18.6.